The summed E-state index contributed by atoms with van der Waals surface area (Å²) in [4.78, 5) is 32.3. The molecular formula is C22H23N3O2S2. The van der Waals surface area contributed by atoms with Gasteiger partial charge in [-0.2, -0.15) is 0 Å². The Hall–Kier alpha value is -2.38. The summed E-state index contributed by atoms with van der Waals surface area (Å²) < 4.78 is 1.63. The zero-order chi connectivity index (χ0) is 20.4. The minimum Gasteiger partial charge on any atom is -0.325 e. The summed E-state index contributed by atoms with van der Waals surface area (Å²) in [7, 11) is 0. The molecule has 1 aromatic carbocycles. The molecule has 0 fully saturated rings. The van der Waals surface area contributed by atoms with Gasteiger partial charge in [-0.05, 0) is 48.9 Å². The molecule has 0 aliphatic heterocycles. The van der Waals surface area contributed by atoms with Crippen LogP contribution < -0.4 is 10.9 Å². The summed E-state index contributed by atoms with van der Waals surface area (Å²) in [5, 5.41) is 4.23. The van der Waals surface area contributed by atoms with Crippen molar-refractivity contribution in [1.29, 1.82) is 0 Å². The average molecular weight is 426 g/mol. The topological polar surface area (TPSA) is 64.0 Å². The van der Waals surface area contributed by atoms with E-state index in [1.807, 2.05) is 24.3 Å². The Morgan fingerprint density at radius 3 is 2.86 bits per heavy atom. The van der Waals surface area contributed by atoms with Gasteiger partial charge in [-0.25, -0.2) is 4.98 Å². The number of thiophene rings is 1. The minimum absolute atomic E-state index is 0.0210. The van der Waals surface area contributed by atoms with Gasteiger partial charge in [0.15, 0.2) is 5.16 Å². The molecule has 3 aromatic rings. The van der Waals surface area contributed by atoms with E-state index in [-0.39, 0.29) is 17.2 Å². The SMILES string of the molecule is C=CCn1c(SCC(=O)Nc2ccc(CC)cc2)nc2sc3c(c2c1=O)CCC3. The van der Waals surface area contributed by atoms with Crippen LogP contribution in [0.5, 0.6) is 0 Å². The fourth-order valence-corrected chi connectivity index (χ4v) is 5.72. The van der Waals surface area contributed by atoms with Crippen molar-refractivity contribution in [2.75, 3.05) is 11.1 Å². The number of thioether (sulfide) groups is 1. The summed E-state index contributed by atoms with van der Waals surface area (Å²) in [5.41, 5.74) is 3.15. The molecule has 150 valence electrons. The highest BCUT2D eigenvalue weighted by Crippen LogP contribution is 2.35. The average Bonchev–Trinajstić information content (AvgIpc) is 3.30. The van der Waals surface area contributed by atoms with Gasteiger partial charge < -0.3 is 5.32 Å². The Balaban J connectivity index is 1.55. The molecule has 7 heteroatoms. The Labute approximate surface area is 177 Å². The number of nitrogens with one attached hydrogen (secondary N) is 1. The van der Waals surface area contributed by atoms with E-state index >= 15 is 0 Å². The van der Waals surface area contributed by atoms with Crippen LogP contribution in [-0.2, 0) is 30.6 Å². The van der Waals surface area contributed by atoms with E-state index in [9.17, 15) is 9.59 Å². The zero-order valence-corrected chi connectivity index (χ0v) is 18.0. The molecule has 2 aromatic heterocycles. The number of amides is 1. The zero-order valence-electron chi connectivity index (χ0n) is 16.4. The lowest BCUT2D eigenvalue weighted by atomic mass is 10.1. The maximum atomic E-state index is 13.1. The number of aromatic nitrogens is 2. The number of fused-ring (bicyclic) bond motifs is 3. The summed E-state index contributed by atoms with van der Waals surface area (Å²) in [6, 6.07) is 7.84. The highest BCUT2D eigenvalue weighted by atomic mass is 32.2. The van der Waals surface area contributed by atoms with Gasteiger partial charge in [-0.1, -0.05) is 36.9 Å². The van der Waals surface area contributed by atoms with Crippen LogP contribution in [0.15, 0.2) is 46.9 Å². The first kappa shape index (κ1) is 19.9. The van der Waals surface area contributed by atoms with Crippen molar-refractivity contribution in [3.63, 3.8) is 0 Å². The Bertz CT molecular complexity index is 1130. The predicted molar refractivity (Wildman–Crippen MR) is 121 cm³/mol. The van der Waals surface area contributed by atoms with Crippen LogP contribution in [0.25, 0.3) is 10.2 Å². The molecule has 0 spiro atoms. The summed E-state index contributed by atoms with van der Waals surface area (Å²) in [5.74, 6) is 0.0721. The van der Waals surface area contributed by atoms with Gasteiger partial charge in [0.25, 0.3) is 5.56 Å². The van der Waals surface area contributed by atoms with E-state index in [0.717, 1.165) is 41.6 Å². The second-order valence-electron chi connectivity index (χ2n) is 7.02. The molecule has 5 nitrogen and oxygen atoms in total. The largest absolute Gasteiger partial charge is 0.325 e. The van der Waals surface area contributed by atoms with E-state index in [1.165, 1.54) is 27.8 Å². The van der Waals surface area contributed by atoms with E-state index < -0.39 is 0 Å². The molecule has 2 heterocycles. The van der Waals surface area contributed by atoms with Crippen molar-refractivity contribution < 1.29 is 4.79 Å². The van der Waals surface area contributed by atoms with Crippen LogP contribution >= 0.6 is 23.1 Å². The molecule has 29 heavy (non-hydrogen) atoms. The number of hydrogen-bond donors (Lipinski definition) is 1. The minimum atomic E-state index is -0.118. The monoisotopic (exact) mass is 425 g/mol. The highest BCUT2D eigenvalue weighted by molar-refractivity contribution is 7.99. The van der Waals surface area contributed by atoms with Crippen LogP contribution in [0.3, 0.4) is 0 Å². The lowest BCUT2D eigenvalue weighted by molar-refractivity contribution is -0.113. The quantitative estimate of drug-likeness (QED) is 0.346. The van der Waals surface area contributed by atoms with Crippen molar-refractivity contribution in [2.24, 2.45) is 0 Å². The first-order chi connectivity index (χ1) is 14.1. The summed E-state index contributed by atoms with van der Waals surface area (Å²) >= 11 is 2.91. The lowest BCUT2D eigenvalue weighted by Gasteiger charge is -2.11. The van der Waals surface area contributed by atoms with Crippen LogP contribution in [-0.4, -0.2) is 21.2 Å². The molecule has 0 radical (unpaired) electrons. The number of rotatable bonds is 7. The Morgan fingerprint density at radius 1 is 1.34 bits per heavy atom. The maximum absolute atomic E-state index is 13.1. The van der Waals surface area contributed by atoms with Crippen LogP contribution in [0.1, 0.15) is 29.3 Å². The number of carbonyl (C=O) groups excluding carboxylic acids is 1. The number of carbonyl (C=O) groups is 1. The fraction of sp³-hybridized carbons (Fsp3) is 0.318. The predicted octanol–water partition coefficient (Wildman–Crippen LogP) is 4.43. The molecule has 0 saturated carbocycles. The third-order valence-corrected chi connectivity index (χ3v) is 7.24. The maximum Gasteiger partial charge on any atom is 0.263 e. The third-order valence-electron chi connectivity index (χ3n) is 5.08. The first-order valence-electron chi connectivity index (χ1n) is 9.78. The van der Waals surface area contributed by atoms with E-state index in [2.05, 4.69) is 18.8 Å². The molecular weight excluding hydrogens is 402 g/mol. The van der Waals surface area contributed by atoms with Crippen LogP contribution in [0, 0.1) is 0 Å². The molecule has 0 unspecified atom stereocenters. The number of hydrogen-bond acceptors (Lipinski definition) is 5. The fourth-order valence-electron chi connectivity index (χ4n) is 3.61. The van der Waals surface area contributed by atoms with Gasteiger partial charge in [0, 0.05) is 17.1 Å². The number of nitrogens with zero attached hydrogens (tertiary/aromatic N) is 2. The van der Waals surface area contributed by atoms with Gasteiger partial charge in [0.05, 0.1) is 11.1 Å². The van der Waals surface area contributed by atoms with Crippen LogP contribution in [0.4, 0.5) is 5.69 Å². The molecule has 0 atom stereocenters. The van der Waals surface area contributed by atoms with Crippen LogP contribution in [0.2, 0.25) is 0 Å². The van der Waals surface area contributed by atoms with E-state index in [0.29, 0.717) is 11.7 Å². The van der Waals surface area contributed by atoms with Crippen molar-refractivity contribution >= 4 is 44.9 Å². The number of aryl methyl sites for hydroxylation is 3. The molecule has 0 saturated heterocycles. The standard InChI is InChI=1S/C22H23N3O2S2/c1-3-12-25-21(27)19-16-6-5-7-17(16)29-20(19)24-22(25)28-13-18(26)23-15-10-8-14(4-2)9-11-15/h3,8-11H,1,4-7,12-13H2,2H3,(H,23,26). The summed E-state index contributed by atoms with van der Waals surface area (Å²) in [6.45, 7) is 6.25. The second-order valence-corrected chi connectivity index (χ2v) is 9.05. The molecule has 1 amide bonds. The summed E-state index contributed by atoms with van der Waals surface area (Å²) in [6.07, 6.45) is 5.74. The van der Waals surface area contributed by atoms with Gasteiger partial charge in [0.2, 0.25) is 5.91 Å². The molecule has 0 bridgehead atoms. The normalized spacial score (nSPS) is 12.9. The van der Waals surface area contributed by atoms with Crippen molar-refractivity contribution in [3.05, 3.63) is 63.3 Å². The Morgan fingerprint density at radius 2 is 2.14 bits per heavy atom. The van der Waals surface area contributed by atoms with E-state index in [4.69, 9.17) is 4.98 Å². The number of anilines is 1. The molecule has 1 N–H and O–H groups in total. The van der Waals surface area contributed by atoms with Crippen molar-refractivity contribution in [2.45, 2.75) is 44.3 Å². The van der Waals surface area contributed by atoms with Gasteiger partial charge in [-0.3, -0.25) is 14.2 Å². The first-order valence-corrected chi connectivity index (χ1v) is 11.6. The van der Waals surface area contributed by atoms with Gasteiger partial charge >= 0.3 is 0 Å². The number of allylic oxidation sites excluding steroid dienone is 1. The van der Waals surface area contributed by atoms with Gasteiger partial charge in [-0.15, -0.1) is 17.9 Å². The number of benzene rings is 1. The van der Waals surface area contributed by atoms with Crippen molar-refractivity contribution in [1.82, 2.24) is 9.55 Å². The second kappa shape index (κ2) is 8.55. The molecule has 1 aliphatic rings. The molecule has 1 aliphatic carbocycles. The van der Waals surface area contributed by atoms with Gasteiger partial charge in [0.1, 0.15) is 4.83 Å². The smallest absolute Gasteiger partial charge is 0.263 e. The Kier molecular flexibility index (Phi) is 5.87. The van der Waals surface area contributed by atoms with E-state index in [1.54, 1.807) is 22.0 Å². The van der Waals surface area contributed by atoms with Crippen molar-refractivity contribution in [3.8, 4) is 0 Å². The highest BCUT2D eigenvalue weighted by Gasteiger charge is 2.23. The lowest BCUT2D eigenvalue weighted by Crippen LogP contribution is -2.24. The third kappa shape index (κ3) is 4.02. The molecule has 4 rings (SSSR count).